The molecule has 2 nitrogen and oxygen atoms in total. The van der Waals surface area contributed by atoms with Gasteiger partial charge in [-0.15, -0.1) is 0 Å². The minimum atomic E-state index is 0.118. The summed E-state index contributed by atoms with van der Waals surface area (Å²) < 4.78 is 0. The largest absolute Gasteiger partial charge is 0.495 e. The molecule has 0 amide bonds. The second-order valence-electron chi connectivity index (χ2n) is 2.93. The van der Waals surface area contributed by atoms with E-state index in [1.54, 1.807) is 0 Å². The van der Waals surface area contributed by atoms with Gasteiger partial charge in [-0.3, -0.25) is 0 Å². The Bertz CT molecular complexity index is 116. The van der Waals surface area contributed by atoms with Crippen LogP contribution in [0.5, 0.6) is 0 Å². The fourth-order valence-corrected chi connectivity index (χ4v) is 1.48. The number of aliphatic hydroxyl groups is 1. The van der Waals surface area contributed by atoms with Crippen LogP contribution in [0, 0.1) is 0 Å². The van der Waals surface area contributed by atoms with Gasteiger partial charge in [0, 0.05) is 6.04 Å². The van der Waals surface area contributed by atoms with Gasteiger partial charge < -0.3 is 10.4 Å². The molecule has 0 unspecified atom stereocenters. The highest BCUT2D eigenvalue weighted by Gasteiger charge is 2.12. The van der Waals surface area contributed by atoms with E-state index in [1.165, 1.54) is 32.1 Å². The molecule has 58 valence electrons. The third-order valence-electron chi connectivity index (χ3n) is 1.98. The maximum absolute atomic E-state index is 8.80. The van der Waals surface area contributed by atoms with E-state index in [0.29, 0.717) is 6.04 Å². The monoisotopic (exact) mass is 141 g/mol. The molecular formula is C8H15NO. The summed E-state index contributed by atoms with van der Waals surface area (Å²) >= 11 is 0. The van der Waals surface area contributed by atoms with Gasteiger partial charge in [-0.05, 0) is 19.4 Å². The van der Waals surface area contributed by atoms with Crippen LogP contribution in [0.1, 0.15) is 32.1 Å². The van der Waals surface area contributed by atoms with Crippen molar-refractivity contribution >= 4 is 0 Å². The summed E-state index contributed by atoms with van der Waals surface area (Å²) in [6.07, 6.45) is 6.27. The normalized spacial score (nSPS) is 20.4. The summed E-state index contributed by atoms with van der Waals surface area (Å²) in [5.74, 6) is 0.118. The summed E-state index contributed by atoms with van der Waals surface area (Å²) in [4.78, 5) is 0. The molecule has 0 aromatic rings. The number of hydrogen-bond acceptors (Lipinski definition) is 2. The fraction of sp³-hybridized carbons (Fsp3) is 0.750. The predicted molar refractivity (Wildman–Crippen MR) is 41.8 cm³/mol. The van der Waals surface area contributed by atoms with Gasteiger partial charge in [-0.1, -0.05) is 19.3 Å². The molecule has 1 aliphatic rings. The van der Waals surface area contributed by atoms with E-state index in [-0.39, 0.29) is 5.88 Å². The summed E-state index contributed by atoms with van der Waals surface area (Å²) in [5, 5.41) is 11.7. The number of aliphatic hydroxyl groups excluding tert-OH is 1. The van der Waals surface area contributed by atoms with Crippen LogP contribution >= 0.6 is 0 Å². The van der Waals surface area contributed by atoms with Crippen LogP contribution in [0.25, 0.3) is 0 Å². The minimum absolute atomic E-state index is 0.118. The zero-order valence-electron chi connectivity index (χ0n) is 6.27. The Labute approximate surface area is 61.9 Å². The quantitative estimate of drug-likeness (QED) is 0.576. The lowest BCUT2D eigenvalue weighted by Gasteiger charge is -2.22. The van der Waals surface area contributed by atoms with Crippen LogP contribution < -0.4 is 5.32 Å². The molecule has 0 aromatic carbocycles. The highest BCUT2D eigenvalue weighted by molar-refractivity contribution is 4.82. The van der Waals surface area contributed by atoms with Crippen molar-refractivity contribution in [2.75, 3.05) is 0 Å². The number of nitrogens with one attached hydrogen (secondary N) is 1. The predicted octanol–water partition coefficient (Wildman–Crippen LogP) is 1.94. The van der Waals surface area contributed by atoms with Gasteiger partial charge in [-0.2, -0.15) is 0 Å². The maximum atomic E-state index is 8.80. The SMILES string of the molecule is C=C(O)NC1CCCCC1. The van der Waals surface area contributed by atoms with Crippen molar-refractivity contribution in [3.05, 3.63) is 12.5 Å². The highest BCUT2D eigenvalue weighted by Crippen LogP contribution is 2.17. The third kappa shape index (κ3) is 2.29. The fourth-order valence-electron chi connectivity index (χ4n) is 1.48. The van der Waals surface area contributed by atoms with Crippen LogP contribution in [0.2, 0.25) is 0 Å². The lowest BCUT2D eigenvalue weighted by molar-refractivity contribution is 0.306. The summed E-state index contributed by atoms with van der Waals surface area (Å²) in [6.45, 7) is 3.39. The number of hydrogen-bond donors (Lipinski definition) is 2. The van der Waals surface area contributed by atoms with E-state index in [4.69, 9.17) is 5.11 Å². The summed E-state index contributed by atoms with van der Waals surface area (Å²) in [6, 6.07) is 0.478. The smallest absolute Gasteiger partial charge is 0.176 e. The van der Waals surface area contributed by atoms with Crippen molar-refractivity contribution in [3.8, 4) is 0 Å². The molecule has 2 N–H and O–H groups in total. The maximum Gasteiger partial charge on any atom is 0.176 e. The zero-order valence-corrected chi connectivity index (χ0v) is 6.27. The molecule has 1 rings (SSSR count). The lowest BCUT2D eigenvalue weighted by Crippen LogP contribution is -2.29. The molecule has 0 heterocycles. The Morgan fingerprint density at radius 3 is 2.40 bits per heavy atom. The van der Waals surface area contributed by atoms with Gasteiger partial charge in [0.15, 0.2) is 5.88 Å². The Morgan fingerprint density at radius 1 is 1.30 bits per heavy atom. The second kappa shape index (κ2) is 3.49. The average Bonchev–Trinajstić information content (AvgIpc) is 1.88. The minimum Gasteiger partial charge on any atom is -0.495 e. The molecule has 2 heteroatoms. The lowest BCUT2D eigenvalue weighted by atomic mass is 9.96. The van der Waals surface area contributed by atoms with Crippen molar-refractivity contribution in [1.82, 2.24) is 5.32 Å². The molecule has 0 aliphatic heterocycles. The molecule has 1 fully saturated rings. The van der Waals surface area contributed by atoms with Gasteiger partial charge in [0.25, 0.3) is 0 Å². The van der Waals surface area contributed by atoms with Crippen LogP contribution in [0.4, 0.5) is 0 Å². The average molecular weight is 141 g/mol. The molecular weight excluding hydrogens is 126 g/mol. The van der Waals surface area contributed by atoms with E-state index >= 15 is 0 Å². The molecule has 0 spiro atoms. The first-order chi connectivity index (χ1) is 4.79. The van der Waals surface area contributed by atoms with Crippen molar-refractivity contribution in [2.24, 2.45) is 0 Å². The molecule has 0 bridgehead atoms. The standard InChI is InChI=1S/C8H15NO/c1-7(10)9-8-5-3-2-4-6-8/h8-10H,1-6H2. The van der Waals surface area contributed by atoms with Gasteiger partial charge in [-0.25, -0.2) is 0 Å². The van der Waals surface area contributed by atoms with Crippen LogP contribution in [0.15, 0.2) is 12.5 Å². The molecule has 0 saturated heterocycles. The molecule has 0 aromatic heterocycles. The van der Waals surface area contributed by atoms with Crippen LogP contribution in [-0.4, -0.2) is 11.1 Å². The molecule has 0 radical (unpaired) electrons. The second-order valence-corrected chi connectivity index (χ2v) is 2.93. The van der Waals surface area contributed by atoms with Crippen LogP contribution in [0.3, 0.4) is 0 Å². The Balaban J connectivity index is 2.19. The number of rotatable bonds is 2. The third-order valence-corrected chi connectivity index (χ3v) is 1.98. The summed E-state index contributed by atoms with van der Waals surface area (Å²) in [7, 11) is 0. The van der Waals surface area contributed by atoms with Gasteiger partial charge in [0.1, 0.15) is 0 Å². The Kier molecular flexibility index (Phi) is 2.60. The topological polar surface area (TPSA) is 32.3 Å². The van der Waals surface area contributed by atoms with E-state index in [1.807, 2.05) is 0 Å². The molecule has 1 aliphatic carbocycles. The van der Waals surface area contributed by atoms with Crippen molar-refractivity contribution in [3.63, 3.8) is 0 Å². The van der Waals surface area contributed by atoms with Crippen molar-refractivity contribution < 1.29 is 5.11 Å². The first-order valence-electron chi connectivity index (χ1n) is 3.93. The highest BCUT2D eigenvalue weighted by atomic mass is 16.3. The van der Waals surface area contributed by atoms with Crippen molar-refractivity contribution in [1.29, 1.82) is 0 Å². The van der Waals surface area contributed by atoms with Crippen LogP contribution in [-0.2, 0) is 0 Å². The van der Waals surface area contributed by atoms with Gasteiger partial charge >= 0.3 is 0 Å². The molecule has 1 saturated carbocycles. The molecule has 10 heavy (non-hydrogen) atoms. The van der Waals surface area contributed by atoms with Gasteiger partial charge in [0.05, 0.1) is 0 Å². The van der Waals surface area contributed by atoms with E-state index < -0.39 is 0 Å². The van der Waals surface area contributed by atoms with E-state index in [0.717, 1.165) is 0 Å². The van der Waals surface area contributed by atoms with Crippen molar-refractivity contribution in [2.45, 2.75) is 38.1 Å². The first-order valence-corrected chi connectivity index (χ1v) is 3.93. The molecule has 0 atom stereocenters. The summed E-state index contributed by atoms with van der Waals surface area (Å²) in [5.41, 5.74) is 0. The zero-order chi connectivity index (χ0) is 7.40. The van der Waals surface area contributed by atoms with E-state index in [2.05, 4.69) is 11.9 Å². The Morgan fingerprint density at radius 2 is 1.90 bits per heavy atom. The Hall–Kier alpha value is -0.660. The van der Waals surface area contributed by atoms with E-state index in [9.17, 15) is 0 Å². The first kappa shape index (κ1) is 7.45. The van der Waals surface area contributed by atoms with Gasteiger partial charge in [0.2, 0.25) is 0 Å².